The van der Waals surface area contributed by atoms with Gasteiger partial charge in [0.15, 0.2) is 4.34 Å². The summed E-state index contributed by atoms with van der Waals surface area (Å²) in [6.45, 7) is 1.86. The Balaban J connectivity index is 1.64. The molecule has 6 nitrogen and oxygen atoms in total. The highest BCUT2D eigenvalue weighted by Gasteiger charge is 2.31. The molecule has 0 amide bonds. The number of hydrogen-bond donors (Lipinski definition) is 0. The minimum Gasteiger partial charge on any atom is -0.406 e. The standard InChI is InChI=1S/C13H9F3N4O2S2/c1-7-18-19-12(24-7)23-6-10-17-11(20-22-10)8-2-4-9(5-3-8)21-13(14,15)16/h2-5H,6H2,1H3. The number of thioether (sulfide) groups is 1. The fourth-order valence-electron chi connectivity index (χ4n) is 1.70. The maximum atomic E-state index is 12.1. The maximum absolute atomic E-state index is 12.1. The van der Waals surface area contributed by atoms with Crippen molar-refractivity contribution in [1.82, 2.24) is 20.3 Å². The van der Waals surface area contributed by atoms with Gasteiger partial charge in [0.25, 0.3) is 0 Å². The molecule has 0 N–H and O–H groups in total. The molecule has 0 aliphatic heterocycles. The number of aryl methyl sites for hydroxylation is 1. The zero-order chi connectivity index (χ0) is 17.2. The molecule has 11 heteroatoms. The van der Waals surface area contributed by atoms with Gasteiger partial charge < -0.3 is 9.26 Å². The second-order valence-electron chi connectivity index (χ2n) is 4.46. The largest absolute Gasteiger partial charge is 0.573 e. The SMILES string of the molecule is Cc1nnc(SCc2nc(-c3ccc(OC(F)(F)F)cc3)no2)s1. The summed E-state index contributed by atoms with van der Waals surface area (Å²) in [5, 5.41) is 12.6. The molecule has 24 heavy (non-hydrogen) atoms. The van der Waals surface area contributed by atoms with Crippen LogP contribution in [0.5, 0.6) is 5.75 Å². The molecule has 0 radical (unpaired) electrons. The number of ether oxygens (including phenoxy) is 1. The lowest BCUT2D eigenvalue weighted by Gasteiger charge is -2.08. The highest BCUT2D eigenvalue weighted by atomic mass is 32.2. The molecule has 0 fully saturated rings. The first-order chi connectivity index (χ1) is 11.4. The normalized spacial score (nSPS) is 11.7. The molecule has 0 bridgehead atoms. The van der Waals surface area contributed by atoms with Crippen LogP contribution in [0.4, 0.5) is 13.2 Å². The van der Waals surface area contributed by atoms with Crippen molar-refractivity contribution in [3.8, 4) is 17.1 Å². The van der Waals surface area contributed by atoms with Crippen molar-refractivity contribution < 1.29 is 22.4 Å². The van der Waals surface area contributed by atoms with E-state index >= 15 is 0 Å². The van der Waals surface area contributed by atoms with Crippen LogP contribution < -0.4 is 4.74 Å². The van der Waals surface area contributed by atoms with Gasteiger partial charge in [-0.1, -0.05) is 28.3 Å². The van der Waals surface area contributed by atoms with Gasteiger partial charge in [0.05, 0.1) is 5.75 Å². The molecule has 0 spiro atoms. The second-order valence-corrected chi connectivity index (χ2v) is 6.86. The van der Waals surface area contributed by atoms with Gasteiger partial charge in [0, 0.05) is 5.56 Å². The first-order valence-electron chi connectivity index (χ1n) is 6.51. The van der Waals surface area contributed by atoms with Gasteiger partial charge in [-0.25, -0.2) is 0 Å². The topological polar surface area (TPSA) is 73.9 Å². The third-order valence-corrected chi connectivity index (χ3v) is 4.60. The van der Waals surface area contributed by atoms with E-state index in [4.69, 9.17) is 4.52 Å². The molecule has 0 unspecified atom stereocenters. The van der Waals surface area contributed by atoms with Crippen molar-refractivity contribution in [1.29, 1.82) is 0 Å². The van der Waals surface area contributed by atoms with Crippen LogP contribution in [-0.4, -0.2) is 26.7 Å². The molecule has 2 aromatic heterocycles. The van der Waals surface area contributed by atoms with Crippen molar-refractivity contribution in [3.63, 3.8) is 0 Å². The Labute approximate surface area is 142 Å². The van der Waals surface area contributed by atoms with Gasteiger partial charge in [-0.05, 0) is 31.2 Å². The van der Waals surface area contributed by atoms with Gasteiger partial charge in [-0.15, -0.1) is 23.4 Å². The Morgan fingerprint density at radius 2 is 1.96 bits per heavy atom. The maximum Gasteiger partial charge on any atom is 0.573 e. The van der Waals surface area contributed by atoms with Crippen molar-refractivity contribution in [2.45, 2.75) is 23.4 Å². The third kappa shape index (κ3) is 4.45. The summed E-state index contributed by atoms with van der Waals surface area (Å²) in [4.78, 5) is 4.20. The first-order valence-corrected chi connectivity index (χ1v) is 8.31. The van der Waals surface area contributed by atoms with E-state index in [-0.39, 0.29) is 11.6 Å². The van der Waals surface area contributed by atoms with E-state index in [1.54, 1.807) is 0 Å². The van der Waals surface area contributed by atoms with Gasteiger partial charge in [0.2, 0.25) is 11.7 Å². The van der Waals surface area contributed by atoms with E-state index in [0.29, 0.717) is 17.2 Å². The van der Waals surface area contributed by atoms with E-state index < -0.39 is 6.36 Å². The molecular weight excluding hydrogens is 365 g/mol. The van der Waals surface area contributed by atoms with Crippen LogP contribution in [0.1, 0.15) is 10.9 Å². The number of halogens is 3. The quantitative estimate of drug-likeness (QED) is 0.623. The van der Waals surface area contributed by atoms with E-state index in [1.165, 1.54) is 47.4 Å². The highest BCUT2D eigenvalue weighted by Crippen LogP contribution is 2.27. The summed E-state index contributed by atoms with van der Waals surface area (Å²) < 4.78 is 46.1. The molecular formula is C13H9F3N4O2S2. The van der Waals surface area contributed by atoms with Crippen molar-refractivity contribution in [2.75, 3.05) is 0 Å². The van der Waals surface area contributed by atoms with E-state index in [9.17, 15) is 13.2 Å². The lowest BCUT2D eigenvalue weighted by atomic mass is 10.2. The fraction of sp³-hybridized carbons (Fsp3) is 0.231. The summed E-state index contributed by atoms with van der Waals surface area (Å²) in [6.07, 6.45) is -4.72. The number of nitrogens with zero attached hydrogens (tertiary/aromatic N) is 4. The van der Waals surface area contributed by atoms with E-state index in [2.05, 4.69) is 25.1 Å². The Morgan fingerprint density at radius 1 is 1.21 bits per heavy atom. The summed E-state index contributed by atoms with van der Waals surface area (Å²) in [5.74, 6) is 0.796. The van der Waals surface area contributed by atoms with Crippen LogP contribution in [0.2, 0.25) is 0 Å². The molecule has 0 aliphatic carbocycles. The molecule has 1 aromatic carbocycles. The predicted molar refractivity (Wildman–Crippen MR) is 80.6 cm³/mol. The Morgan fingerprint density at radius 3 is 2.58 bits per heavy atom. The summed E-state index contributed by atoms with van der Waals surface area (Å²) >= 11 is 2.88. The van der Waals surface area contributed by atoms with Gasteiger partial charge in [-0.2, -0.15) is 4.98 Å². The molecule has 2 heterocycles. The molecule has 3 aromatic rings. The lowest BCUT2D eigenvalue weighted by Crippen LogP contribution is -2.16. The Kier molecular flexibility index (Phi) is 4.71. The molecule has 0 saturated carbocycles. The minimum absolute atomic E-state index is 0.289. The number of benzene rings is 1. The lowest BCUT2D eigenvalue weighted by molar-refractivity contribution is -0.274. The van der Waals surface area contributed by atoms with Gasteiger partial charge in [-0.3, -0.25) is 0 Å². The van der Waals surface area contributed by atoms with E-state index in [1.807, 2.05) is 6.92 Å². The van der Waals surface area contributed by atoms with Crippen molar-refractivity contribution >= 4 is 23.1 Å². The molecule has 0 atom stereocenters. The molecule has 3 rings (SSSR count). The molecule has 0 aliphatic rings. The van der Waals surface area contributed by atoms with Gasteiger partial charge >= 0.3 is 6.36 Å². The fourth-order valence-corrected chi connectivity index (χ4v) is 3.35. The zero-order valence-electron chi connectivity index (χ0n) is 12.1. The molecule has 0 saturated heterocycles. The van der Waals surface area contributed by atoms with Crippen LogP contribution in [0, 0.1) is 6.92 Å². The minimum atomic E-state index is -4.72. The van der Waals surface area contributed by atoms with Crippen LogP contribution in [0.15, 0.2) is 33.1 Å². The Bertz CT molecular complexity index is 817. The number of hydrogen-bond acceptors (Lipinski definition) is 8. The monoisotopic (exact) mass is 374 g/mol. The third-order valence-electron chi connectivity index (χ3n) is 2.64. The number of alkyl halides is 3. The second kappa shape index (κ2) is 6.77. The molecule has 126 valence electrons. The smallest absolute Gasteiger partial charge is 0.406 e. The van der Waals surface area contributed by atoms with Gasteiger partial charge in [0.1, 0.15) is 10.8 Å². The number of aromatic nitrogens is 4. The summed E-state index contributed by atoms with van der Waals surface area (Å²) in [5.41, 5.74) is 0.524. The van der Waals surface area contributed by atoms with Crippen molar-refractivity contribution in [2.24, 2.45) is 0 Å². The first kappa shape index (κ1) is 16.7. The van der Waals surface area contributed by atoms with Crippen LogP contribution in [-0.2, 0) is 5.75 Å². The van der Waals surface area contributed by atoms with E-state index in [0.717, 1.165) is 9.35 Å². The summed E-state index contributed by atoms with van der Waals surface area (Å²) in [7, 11) is 0. The van der Waals surface area contributed by atoms with Crippen LogP contribution in [0.25, 0.3) is 11.4 Å². The average molecular weight is 374 g/mol. The average Bonchev–Trinajstić information content (AvgIpc) is 3.13. The number of rotatable bonds is 5. The van der Waals surface area contributed by atoms with Crippen LogP contribution >= 0.6 is 23.1 Å². The van der Waals surface area contributed by atoms with Crippen molar-refractivity contribution in [3.05, 3.63) is 35.2 Å². The zero-order valence-corrected chi connectivity index (χ0v) is 13.7. The van der Waals surface area contributed by atoms with Crippen LogP contribution in [0.3, 0.4) is 0 Å². The highest BCUT2D eigenvalue weighted by molar-refractivity contribution is 8.00. The summed E-state index contributed by atoms with van der Waals surface area (Å²) in [6, 6.07) is 5.24. The predicted octanol–water partition coefficient (Wildman–Crippen LogP) is 4.09. The Hall–Kier alpha value is -2.14.